The van der Waals surface area contributed by atoms with Gasteiger partial charge in [-0.1, -0.05) is 0 Å². The summed E-state index contributed by atoms with van der Waals surface area (Å²) in [5.74, 6) is 1.94. The number of ether oxygens (including phenoxy) is 1. The van der Waals surface area contributed by atoms with E-state index in [2.05, 4.69) is 0 Å². The van der Waals surface area contributed by atoms with E-state index in [1.807, 2.05) is 0 Å². The molecule has 2 heteroatoms. The van der Waals surface area contributed by atoms with Crippen LogP contribution >= 0.6 is 0 Å². The van der Waals surface area contributed by atoms with Gasteiger partial charge in [0, 0.05) is 0 Å². The molecule has 1 N–H and O–H groups in total. The highest BCUT2D eigenvalue weighted by molar-refractivity contribution is 4.96. The Balaban J connectivity index is 1.68. The van der Waals surface area contributed by atoms with Crippen molar-refractivity contribution >= 4 is 0 Å². The van der Waals surface area contributed by atoms with Crippen LogP contribution < -0.4 is 0 Å². The van der Waals surface area contributed by atoms with Crippen molar-refractivity contribution in [2.45, 2.75) is 44.8 Å². The van der Waals surface area contributed by atoms with Gasteiger partial charge in [-0.2, -0.15) is 0 Å². The lowest BCUT2D eigenvalue weighted by Gasteiger charge is -2.21. The zero-order valence-electron chi connectivity index (χ0n) is 7.92. The maximum atomic E-state index is 9.43. The lowest BCUT2D eigenvalue weighted by Crippen LogP contribution is -2.29. The molecule has 2 aliphatic rings. The molecule has 2 nitrogen and oxygen atoms in total. The van der Waals surface area contributed by atoms with Gasteiger partial charge in [0.1, 0.15) is 0 Å². The van der Waals surface area contributed by atoms with Crippen LogP contribution in [0.2, 0.25) is 0 Å². The molecule has 2 aliphatic carbocycles. The minimum atomic E-state index is -0.660. The molecular formula is C10H18O2. The highest BCUT2D eigenvalue weighted by Crippen LogP contribution is 2.52. The molecule has 0 spiro atoms. The third-order valence-corrected chi connectivity index (χ3v) is 2.87. The first-order chi connectivity index (χ1) is 5.54. The number of hydrogen-bond donors (Lipinski definition) is 1. The van der Waals surface area contributed by atoms with Gasteiger partial charge in [0.25, 0.3) is 0 Å². The Morgan fingerprint density at radius 2 is 1.83 bits per heavy atom. The van der Waals surface area contributed by atoms with Crippen molar-refractivity contribution in [3.63, 3.8) is 0 Å². The smallest absolute Gasteiger partial charge is 0.0824 e. The molecule has 2 unspecified atom stereocenters. The number of rotatable bonds is 3. The first kappa shape index (κ1) is 8.52. The monoisotopic (exact) mass is 170 g/mol. The largest absolute Gasteiger partial charge is 0.388 e. The number of aliphatic hydroxyl groups is 1. The van der Waals surface area contributed by atoms with Crippen molar-refractivity contribution in [3.05, 3.63) is 0 Å². The van der Waals surface area contributed by atoms with Crippen LogP contribution in [0.3, 0.4) is 0 Å². The SMILES string of the molecule is CC(C)(O)COC1CC2CC2C1. The molecule has 2 saturated carbocycles. The van der Waals surface area contributed by atoms with E-state index < -0.39 is 5.60 Å². The van der Waals surface area contributed by atoms with Crippen LogP contribution in [0.1, 0.15) is 33.1 Å². The molecule has 2 atom stereocenters. The van der Waals surface area contributed by atoms with Crippen LogP contribution in [0.25, 0.3) is 0 Å². The molecule has 0 saturated heterocycles. The van der Waals surface area contributed by atoms with E-state index in [4.69, 9.17) is 4.74 Å². The van der Waals surface area contributed by atoms with Crippen LogP contribution in [-0.4, -0.2) is 23.4 Å². The third-order valence-electron chi connectivity index (χ3n) is 2.87. The van der Waals surface area contributed by atoms with Crippen LogP contribution in [0.15, 0.2) is 0 Å². The van der Waals surface area contributed by atoms with Crippen molar-refractivity contribution in [1.82, 2.24) is 0 Å². The third kappa shape index (κ3) is 1.99. The maximum Gasteiger partial charge on any atom is 0.0824 e. The quantitative estimate of drug-likeness (QED) is 0.696. The predicted molar refractivity (Wildman–Crippen MR) is 46.9 cm³/mol. The number of hydrogen-bond acceptors (Lipinski definition) is 2. The van der Waals surface area contributed by atoms with Gasteiger partial charge in [0.05, 0.1) is 18.3 Å². The molecule has 0 amide bonds. The summed E-state index contributed by atoms with van der Waals surface area (Å²) in [4.78, 5) is 0. The summed E-state index contributed by atoms with van der Waals surface area (Å²) in [5.41, 5.74) is -0.660. The van der Waals surface area contributed by atoms with E-state index in [1.54, 1.807) is 13.8 Å². The topological polar surface area (TPSA) is 29.5 Å². The molecule has 0 bridgehead atoms. The molecule has 2 rings (SSSR count). The summed E-state index contributed by atoms with van der Waals surface area (Å²) in [6.45, 7) is 4.07. The highest BCUT2D eigenvalue weighted by Gasteiger charge is 2.46. The second-order valence-electron chi connectivity index (χ2n) is 4.97. The Kier molecular flexibility index (Phi) is 1.92. The lowest BCUT2D eigenvalue weighted by atomic mass is 10.1. The summed E-state index contributed by atoms with van der Waals surface area (Å²) in [6, 6.07) is 0. The summed E-state index contributed by atoms with van der Waals surface area (Å²) >= 11 is 0. The summed E-state index contributed by atoms with van der Waals surface area (Å²) in [5, 5.41) is 9.43. The summed E-state index contributed by atoms with van der Waals surface area (Å²) in [6.07, 6.45) is 4.35. The van der Waals surface area contributed by atoms with Crippen LogP contribution in [0.4, 0.5) is 0 Å². The Morgan fingerprint density at radius 3 is 2.33 bits per heavy atom. The first-order valence-electron chi connectivity index (χ1n) is 4.88. The second-order valence-corrected chi connectivity index (χ2v) is 4.97. The molecule has 70 valence electrons. The van der Waals surface area contributed by atoms with Crippen molar-refractivity contribution in [2.24, 2.45) is 11.8 Å². The van der Waals surface area contributed by atoms with Crippen molar-refractivity contribution in [1.29, 1.82) is 0 Å². The van der Waals surface area contributed by atoms with E-state index in [0.717, 1.165) is 11.8 Å². The van der Waals surface area contributed by atoms with E-state index in [-0.39, 0.29) is 0 Å². The molecule has 0 radical (unpaired) electrons. The van der Waals surface area contributed by atoms with Gasteiger partial charge in [-0.15, -0.1) is 0 Å². The van der Waals surface area contributed by atoms with Crippen molar-refractivity contribution in [2.75, 3.05) is 6.61 Å². The van der Waals surface area contributed by atoms with Gasteiger partial charge in [0.2, 0.25) is 0 Å². The first-order valence-corrected chi connectivity index (χ1v) is 4.88. The lowest BCUT2D eigenvalue weighted by molar-refractivity contribution is -0.0538. The zero-order valence-corrected chi connectivity index (χ0v) is 7.92. The molecule has 0 heterocycles. The molecular weight excluding hydrogens is 152 g/mol. The normalized spacial score (nSPS) is 39.8. The number of fused-ring (bicyclic) bond motifs is 1. The Hall–Kier alpha value is -0.0800. The van der Waals surface area contributed by atoms with Gasteiger partial charge in [-0.25, -0.2) is 0 Å². The van der Waals surface area contributed by atoms with Gasteiger partial charge in [-0.3, -0.25) is 0 Å². The minimum absolute atomic E-state index is 0.445. The van der Waals surface area contributed by atoms with Gasteiger partial charge in [-0.05, 0) is 44.9 Å². The maximum absolute atomic E-state index is 9.43. The average Bonchev–Trinajstić information content (AvgIpc) is 2.54. The van der Waals surface area contributed by atoms with Crippen molar-refractivity contribution < 1.29 is 9.84 Å². The molecule has 0 aromatic heterocycles. The van der Waals surface area contributed by atoms with Gasteiger partial charge in [0.15, 0.2) is 0 Å². The molecule has 2 fully saturated rings. The van der Waals surface area contributed by atoms with E-state index in [0.29, 0.717) is 12.7 Å². The van der Waals surface area contributed by atoms with E-state index in [1.165, 1.54) is 19.3 Å². The van der Waals surface area contributed by atoms with Crippen LogP contribution in [0, 0.1) is 11.8 Å². The molecule has 0 aromatic rings. The van der Waals surface area contributed by atoms with Gasteiger partial charge >= 0.3 is 0 Å². The standard InChI is InChI=1S/C10H18O2/c1-10(2,11)6-12-9-4-7-3-8(7)5-9/h7-9,11H,3-6H2,1-2H3. The van der Waals surface area contributed by atoms with Gasteiger partial charge < -0.3 is 9.84 Å². The Labute approximate surface area is 73.9 Å². The predicted octanol–water partition coefficient (Wildman–Crippen LogP) is 1.57. The Morgan fingerprint density at radius 1 is 1.25 bits per heavy atom. The fourth-order valence-corrected chi connectivity index (χ4v) is 2.12. The summed E-state index contributed by atoms with van der Waals surface area (Å²) in [7, 11) is 0. The van der Waals surface area contributed by atoms with Crippen LogP contribution in [0.5, 0.6) is 0 Å². The van der Waals surface area contributed by atoms with Crippen molar-refractivity contribution in [3.8, 4) is 0 Å². The molecule has 0 aromatic carbocycles. The fourth-order valence-electron chi connectivity index (χ4n) is 2.12. The molecule has 0 aliphatic heterocycles. The van der Waals surface area contributed by atoms with E-state index >= 15 is 0 Å². The Bertz CT molecular complexity index is 161. The highest BCUT2D eigenvalue weighted by atomic mass is 16.5. The second kappa shape index (κ2) is 2.71. The van der Waals surface area contributed by atoms with Crippen LogP contribution in [-0.2, 0) is 4.74 Å². The molecule has 12 heavy (non-hydrogen) atoms. The summed E-state index contributed by atoms with van der Waals surface area (Å²) < 4.78 is 5.62. The average molecular weight is 170 g/mol. The van der Waals surface area contributed by atoms with E-state index in [9.17, 15) is 5.11 Å². The minimum Gasteiger partial charge on any atom is -0.388 e. The fraction of sp³-hybridized carbons (Fsp3) is 1.00. The zero-order chi connectivity index (χ0) is 8.77.